The number of amides is 3. The number of anilines is 1. The highest BCUT2D eigenvalue weighted by atomic mass is 32.1. The summed E-state index contributed by atoms with van der Waals surface area (Å²) in [6.45, 7) is 3.56. The van der Waals surface area contributed by atoms with Crippen molar-refractivity contribution in [3.63, 3.8) is 0 Å². The molecule has 3 amide bonds. The Morgan fingerprint density at radius 1 is 0.946 bits per heavy atom. The van der Waals surface area contributed by atoms with Crippen molar-refractivity contribution in [2.45, 2.75) is 45.6 Å². The van der Waals surface area contributed by atoms with Crippen LogP contribution in [0.2, 0.25) is 0 Å². The molecular formula is C29H28N2O5S. The Bertz CT molecular complexity index is 1390. The Morgan fingerprint density at radius 2 is 1.59 bits per heavy atom. The Balaban J connectivity index is 1.48. The van der Waals surface area contributed by atoms with Crippen molar-refractivity contribution in [3.05, 3.63) is 75.7 Å². The van der Waals surface area contributed by atoms with Gasteiger partial charge in [0.2, 0.25) is 5.91 Å². The van der Waals surface area contributed by atoms with Crippen molar-refractivity contribution in [1.82, 2.24) is 4.90 Å². The van der Waals surface area contributed by atoms with Crippen molar-refractivity contribution < 1.29 is 23.9 Å². The smallest absolute Gasteiger partial charge is 0.341 e. The number of imide groups is 1. The van der Waals surface area contributed by atoms with Gasteiger partial charge in [0.1, 0.15) is 16.6 Å². The van der Waals surface area contributed by atoms with Gasteiger partial charge in [-0.15, -0.1) is 11.3 Å². The van der Waals surface area contributed by atoms with Gasteiger partial charge < -0.3 is 10.1 Å². The average Bonchev–Trinajstić information content (AvgIpc) is 3.42. The van der Waals surface area contributed by atoms with Crippen LogP contribution in [-0.4, -0.2) is 41.7 Å². The second kappa shape index (κ2) is 9.94. The van der Waals surface area contributed by atoms with E-state index >= 15 is 0 Å². The van der Waals surface area contributed by atoms with Gasteiger partial charge >= 0.3 is 5.97 Å². The van der Waals surface area contributed by atoms with Crippen molar-refractivity contribution in [2.24, 2.45) is 5.92 Å². The van der Waals surface area contributed by atoms with E-state index in [4.69, 9.17) is 4.74 Å². The maximum Gasteiger partial charge on any atom is 0.341 e. The van der Waals surface area contributed by atoms with Crippen molar-refractivity contribution >= 4 is 40.0 Å². The largest absolute Gasteiger partial charge is 0.465 e. The van der Waals surface area contributed by atoms with Gasteiger partial charge in [-0.1, -0.05) is 44.2 Å². The van der Waals surface area contributed by atoms with E-state index in [1.807, 2.05) is 11.4 Å². The van der Waals surface area contributed by atoms with E-state index in [9.17, 15) is 19.2 Å². The molecule has 5 rings (SSSR count). The molecule has 0 bridgehead atoms. The molecule has 7 nitrogen and oxygen atoms in total. The minimum Gasteiger partial charge on any atom is -0.465 e. The average molecular weight is 517 g/mol. The summed E-state index contributed by atoms with van der Waals surface area (Å²) < 4.78 is 5.07. The number of aryl methyl sites for hydroxylation is 2. The number of esters is 1. The van der Waals surface area contributed by atoms with E-state index in [1.165, 1.54) is 36.0 Å². The van der Waals surface area contributed by atoms with Crippen molar-refractivity contribution in [3.8, 4) is 11.1 Å². The summed E-state index contributed by atoms with van der Waals surface area (Å²) in [7, 11) is 1.30. The number of fused-ring (bicyclic) bond motifs is 2. The molecular weight excluding hydrogens is 488 g/mol. The Labute approximate surface area is 219 Å². The molecule has 1 atom stereocenters. The first-order chi connectivity index (χ1) is 17.8. The van der Waals surface area contributed by atoms with Gasteiger partial charge in [0.15, 0.2) is 0 Å². The molecule has 0 radical (unpaired) electrons. The quantitative estimate of drug-likeness (QED) is 0.353. The number of methoxy groups -OCH3 is 1. The molecule has 1 aromatic heterocycles. The summed E-state index contributed by atoms with van der Waals surface area (Å²) in [5.74, 6) is -2.45. The molecule has 1 aliphatic heterocycles. The first kappa shape index (κ1) is 24.9. The highest BCUT2D eigenvalue weighted by Gasteiger charge is 2.44. The molecule has 2 aromatic carbocycles. The van der Waals surface area contributed by atoms with Crippen molar-refractivity contribution in [2.75, 3.05) is 12.4 Å². The predicted octanol–water partition coefficient (Wildman–Crippen LogP) is 5.34. The first-order valence-electron chi connectivity index (χ1n) is 12.4. The molecule has 1 unspecified atom stereocenters. The van der Waals surface area contributed by atoms with E-state index < -0.39 is 29.7 Å². The van der Waals surface area contributed by atoms with Gasteiger partial charge in [-0.25, -0.2) is 4.79 Å². The lowest BCUT2D eigenvalue weighted by atomic mass is 9.89. The van der Waals surface area contributed by atoms with Gasteiger partial charge in [-0.3, -0.25) is 19.3 Å². The molecule has 190 valence electrons. The van der Waals surface area contributed by atoms with Crippen LogP contribution in [0.1, 0.15) is 68.9 Å². The zero-order valence-corrected chi connectivity index (χ0v) is 21.8. The lowest BCUT2D eigenvalue weighted by molar-refractivity contribution is -0.121. The maximum atomic E-state index is 13.6. The third-order valence-corrected chi connectivity index (χ3v) is 7.98. The summed E-state index contributed by atoms with van der Waals surface area (Å²) >= 11 is 1.22. The summed E-state index contributed by atoms with van der Waals surface area (Å²) in [5.41, 5.74) is 5.02. The monoisotopic (exact) mass is 516 g/mol. The molecule has 1 N–H and O–H groups in total. The number of nitrogens with zero attached hydrogens (tertiary/aromatic N) is 1. The lowest BCUT2D eigenvalue weighted by Crippen LogP contribution is -2.50. The molecule has 2 heterocycles. The van der Waals surface area contributed by atoms with Crippen LogP contribution in [0.5, 0.6) is 0 Å². The molecule has 8 heteroatoms. The topological polar surface area (TPSA) is 92.8 Å². The number of carbonyl (C=O) groups excluding carboxylic acids is 4. The summed E-state index contributed by atoms with van der Waals surface area (Å²) in [6.07, 6.45) is 4.37. The van der Waals surface area contributed by atoms with Gasteiger partial charge in [-0.2, -0.15) is 0 Å². The lowest BCUT2D eigenvalue weighted by Gasteiger charge is -2.28. The minimum absolute atomic E-state index is 0.265. The SMILES string of the molecule is COC(=O)c1c(-c2ccc3c(c2)CCCC3)csc1NC(=O)C(C(C)C)N1C(=O)c2ccccc2C1=O. The zero-order valence-electron chi connectivity index (χ0n) is 21.0. The number of benzene rings is 2. The second-order valence-electron chi connectivity index (χ2n) is 9.74. The van der Waals surface area contributed by atoms with Crippen LogP contribution in [0.4, 0.5) is 5.00 Å². The van der Waals surface area contributed by atoms with Crippen LogP contribution in [0.15, 0.2) is 47.8 Å². The Kier molecular flexibility index (Phi) is 6.69. The van der Waals surface area contributed by atoms with Crippen LogP contribution in [0, 0.1) is 5.92 Å². The highest BCUT2D eigenvalue weighted by molar-refractivity contribution is 7.15. The summed E-state index contributed by atoms with van der Waals surface area (Å²) in [6, 6.07) is 11.7. The fourth-order valence-corrected chi connectivity index (χ4v) is 6.19. The number of hydrogen-bond donors (Lipinski definition) is 1. The molecule has 37 heavy (non-hydrogen) atoms. The van der Waals surface area contributed by atoms with Crippen LogP contribution < -0.4 is 5.32 Å². The number of ether oxygens (including phenoxy) is 1. The summed E-state index contributed by atoms with van der Waals surface area (Å²) in [4.78, 5) is 53.7. The highest BCUT2D eigenvalue weighted by Crippen LogP contribution is 2.38. The fourth-order valence-electron chi connectivity index (χ4n) is 5.23. The molecule has 3 aromatic rings. The van der Waals surface area contributed by atoms with Gasteiger partial charge in [0.25, 0.3) is 11.8 Å². The van der Waals surface area contributed by atoms with Gasteiger partial charge in [-0.05, 0) is 60.4 Å². The third kappa shape index (κ3) is 4.35. The van der Waals surface area contributed by atoms with E-state index in [2.05, 4.69) is 17.4 Å². The number of carbonyl (C=O) groups is 4. The molecule has 0 spiro atoms. The molecule has 2 aliphatic rings. The van der Waals surface area contributed by atoms with E-state index in [0.717, 1.165) is 29.7 Å². The first-order valence-corrected chi connectivity index (χ1v) is 13.3. The summed E-state index contributed by atoms with van der Waals surface area (Å²) in [5, 5.41) is 5.00. The van der Waals surface area contributed by atoms with Crippen molar-refractivity contribution in [1.29, 1.82) is 0 Å². The van der Waals surface area contributed by atoms with E-state index in [-0.39, 0.29) is 22.6 Å². The van der Waals surface area contributed by atoms with E-state index in [0.29, 0.717) is 10.6 Å². The molecule has 1 aliphatic carbocycles. The molecule has 0 saturated carbocycles. The fraction of sp³-hybridized carbons (Fsp3) is 0.310. The Hall–Kier alpha value is -3.78. The normalized spacial score (nSPS) is 15.4. The van der Waals surface area contributed by atoms with Gasteiger partial charge in [0, 0.05) is 10.9 Å². The molecule has 0 saturated heterocycles. The van der Waals surface area contributed by atoms with E-state index in [1.54, 1.807) is 38.1 Å². The zero-order chi connectivity index (χ0) is 26.3. The Morgan fingerprint density at radius 3 is 2.22 bits per heavy atom. The van der Waals surface area contributed by atoms with Crippen LogP contribution in [0.25, 0.3) is 11.1 Å². The number of nitrogens with one attached hydrogen (secondary N) is 1. The van der Waals surface area contributed by atoms with Crippen LogP contribution in [0.3, 0.4) is 0 Å². The van der Waals surface area contributed by atoms with Gasteiger partial charge in [0.05, 0.1) is 18.2 Å². The second-order valence-corrected chi connectivity index (χ2v) is 10.6. The number of rotatable bonds is 6. The number of hydrogen-bond acceptors (Lipinski definition) is 6. The standard InChI is InChI=1S/C29H28N2O5S/c1-16(2)24(31-27(33)20-10-6-7-11-21(20)28(31)34)25(32)30-26-23(29(35)36-3)22(15-37-26)19-13-12-17-8-4-5-9-18(17)14-19/h6-7,10-16,24H,4-5,8-9H2,1-3H3,(H,30,32). The maximum absolute atomic E-state index is 13.6. The van der Waals surface area contributed by atoms with Crippen LogP contribution >= 0.6 is 11.3 Å². The predicted molar refractivity (Wildman–Crippen MR) is 142 cm³/mol. The number of thiophene rings is 1. The third-order valence-electron chi connectivity index (χ3n) is 7.08. The van der Waals surface area contributed by atoms with Crippen LogP contribution in [-0.2, 0) is 22.4 Å². The minimum atomic E-state index is -1.05. The molecule has 0 fully saturated rings.